The number of para-hydroxylation sites is 1. The molecule has 22 heavy (non-hydrogen) atoms. The Morgan fingerprint density at radius 2 is 1.95 bits per heavy atom. The maximum Gasteiger partial charge on any atom is 0.417 e. The molecule has 4 nitrogen and oxygen atoms in total. The Morgan fingerprint density at radius 1 is 1.18 bits per heavy atom. The van der Waals surface area contributed by atoms with Crippen molar-refractivity contribution >= 4 is 11.8 Å². The molecule has 0 aliphatic carbocycles. The van der Waals surface area contributed by atoms with Gasteiger partial charge in [0.2, 0.25) is 0 Å². The van der Waals surface area contributed by atoms with Crippen molar-refractivity contribution in [2.45, 2.75) is 12.3 Å². The molecule has 0 saturated heterocycles. The van der Waals surface area contributed by atoms with Crippen LogP contribution in [0.4, 0.5) is 19.3 Å². The van der Waals surface area contributed by atoms with Gasteiger partial charge in [0.1, 0.15) is 11.5 Å². The molecule has 0 radical (unpaired) electrons. The van der Waals surface area contributed by atoms with Crippen LogP contribution in [0.1, 0.15) is 12.0 Å². The van der Waals surface area contributed by atoms with E-state index in [2.05, 4.69) is 5.32 Å². The third-order valence-electron chi connectivity index (χ3n) is 3.25. The molecule has 0 unspecified atom stereocenters. The number of carbonyl (C=O) groups excluding carboxylic acids is 1. The van der Waals surface area contributed by atoms with Gasteiger partial charge in [0.15, 0.2) is 0 Å². The first-order chi connectivity index (χ1) is 10.5. The second-order valence-corrected chi connectivity index (χ2v) is 4.84. The largest absolute Gasteiger partial charge is 0.493 e. The minimum Gasteiger partial charge on any atom is -0.493 e. The van der Waals surface area contributed by atoms with E-state index in [-0.39, 0.29) is 30.0 Å². The molecule has 114 valence electrons. The second kappa shape index (κ2) is 5.63. The average Bonchev–Trinajstić information content (AvgIpc) is 2.48. The molecule has 1 aliphatic heterocycles. The van der Waals surface area contributed by atoms with Crippen molar-refractivity contribution < 1.29 is 23.0 Å². The fourth-order valence-electron chi connectivity index (χ4n) is 2.18. The molecule has 1 amide bonds. The number of hydrogen-bond acceptors (Lipinski definition) is 3. The molecule has 0 aromatic heterocycles. The monoisotopic (exact) mass is 305 g/mol. The smallest absolute Gasteiger partial charge is 0.417 e. The Hall–Kier alpha value is -2.63. The quantitative estimate of drug-likeness (QED) is 0.905. The minimum absolute atomic E-state index is 0.0250. The maximum absolute atomic E-state index is 13.8. The number of halogens is 2. The van der Waals surface area contributed by atoms with Gasteiger partial charge >= 0.3 is 6.09 Å². The van der Waals surface area contributed by atoms with Crippen LogP contribution in [0.2, 0.25) is 0 Å². The van der Waals surface area contributed by atoms with Crippen LogP contribution in [-0.2, 0) is 5.92 Å². The van der Waals surface area contributed by atoms with Crippen LogP contribution in [0.25, 0.3) is 0 Å². The molecule has 0 fully saturated rings. The van der Waals surface area contributed by atoms with E-state index < -0.39 is 12.0 Å². The first-order valence-corrected chi connectivity index (χ1v) is 6.74. The molecule has 2 aromatic carbocycles. The molecule has 3 rings (SSSR count). The van der Waals surface area contributed by atoms with Gasteiger partial charge in [0.05, 0.1) is 18.6 Å². The van der Waals surface area contributed by atoms with Crippen LogP contribution in [0, 0.1) is 0 Å². The van der Waals surface area contributed by atoms with E-state index in [9.17, 15) is 13.6 Å². The van der Waals surface area contributed by atoms with Crippen LogP contribution < -0.4 is 14.8 Å². The van der Waals surface area contributed by atoms with Gasteiger partial charge in [0, 0.05) is 5.69 Å². The zero-order chi connectivity index (χ0) is 15.6. The summed E-state index contributed by atoms with van der Waals surface area (Å²) < 4.78 is 37.9. The van der Waals surface area contributed by atoms with Crippen LogP contribution in [0.5, 0.6) is 11.5 Å². The fourth-order valence-corrected chi connectivity index (χ4v) is 2.18. The molecule has 1 aliphatic rings. The van der Waals surface area contributed by atoms with Gasteiger partial charge in [0.25, 0.3) is 5.92 Å². The van der Waals surface area contributed by atoms with Crippen LogP contribution in [-0.4, -0.2) is 12.7 Å². The number of anilines is 1. The van der Waals surface area contributed by atoms with Gasteiger partial charge in [-0.2, -0.15) is 0 Å². The Labute approximate surface area is 125 Å². The Balaban J connectivity index is 1.75. The summed E-state index contributed by atoms with van der Waals surface area (Å²) in [6.07, 6.45) is -1.12. The number of carbonyl (C=O) groups is 1. The summed E-state index contributed by atoms with van der Waals surface area (Å²) in [5.74, 6) is -2.46. The van der Waals surface area contributed by atoms with Crippen molar-refractivity contribution in [2.75, 3.05) is 11.9 Å². The first kappa shape index (κ1) is 14.3. The SMILES string of the molecule is O=C(Nc1ccc2c(c1)C(F)(F)CCO2)Oc1ccccc1. The predicted octanol–water partition coefficient (Wildman–Crippen LogP) is 4.17. The Kier molecular flexibility index (Phi) is 3.66. The Morgan fingerprint density at radius 3 is 2.73 bits per heavy atom. The lowest BCUT2D eigenvalue weighted by atomic mass is 10.0. The van der Waals surface area contributed by atoms with Gasteiger partial charge in [-0.25, -0.2) is 13.6 Å². The second-order valence-electron chi connectivity index (χ2n) is 4.84. The van der Waals surface area contributed by atoms with Crippen molar-refractivity contribution in [3.05, 3.63) is 54.1 Å². The van der Waals surface area contributed by atoms with E-state index in [1.54, 1.807) is 30.3 Å². The third kappa shape index (κ3) is 3.00. The van der Waals surface area contributed by atoms with E-state index in [4.69, 9.17) is 9.47 Å². The van der Waals surface area contributed by atoms with E-state index in [0.29, 0.717) is 5.75 Å². The number of amides is 1. The van der Waals surface area contributed by atoms with E-state index >= 15 is 0 Å². The molecular formula is C16H13F2NO3. The van der Waals surface area contributed by atoms with E-state index in [1.807, 2.05) is 0 Å². The fraction of sp³-hybridized carbons (Fsp3) is 0.188. The Bertz CT molecular complexity index is 689. The van der Waals surface area contributed by atoms with E-state index in [0.717, 1.165) is 0 Å². The van der Waals surface area contributed by atoms with Crippen molar-refractivity contribution in [3.63, 3.8) is 0 Å². The van der Waals surface area contributed by atoms with Gasteiger partial charge in [-0.1, -0.05) is 18.2 Å². The number of nitrogens with one attached hydrogen (secondary N) is 1. The zero-order valence-electron chi connectivity index (χ0n) is 11.5. The standard InChI is InChI=1S/C16H13F2NO3/c17-16(18)8-9-21-14-7-6-11(10-13(14)16)19-15(20)22-12-4-2-1-3-5-12/h1-7,10H,8-9H2,(H,19,20). The summed E-state index contributed by atoms with van der Waals surface area (Å²) in [7, 11) is 0. The number of alkyl halides is 2. The molecule has 2 aromatic rings. The van der Waals surface area contributed by atoms with Crippen LogP contribution >= 0.6 is 0 Å². The summed E-state index contributed by atoms with van der Waals surface area (Å²) in [6.45, 7) is -0.0250. The number of hydrogen-bond donors (Lipinski definition) is 1. The summed E-state index contributed by atoms with van der Waals surface area (Å²) in [5.41, 5.74) is 0.00103. The molecule has 0 saturated carbocycles. The summed E-state index contributed by atoms with van der Waals surface area (Å²) in [5, 5.41) is 2.43. The molecule has 6 heteroatoms. The number of benzene rings is 2. The maximum atomic E-state index is 13.8. The summed E-state index contributed by atoms with van der Waals surface area (Å²) >= 11 is 0. The normalized spacial score (nSPS) is 15.4. The zero-order valence-corrected chi connectivity index (χ0v) is 11.5. The van der Waals surface area contributed by atoms with Crippen molar-refractivity contribution in [2.24, 2.45) is 0 Å². The summed E-state index contributed by atoms with van der Waals surface area (Å²) in [4.78, 5) is 11.8. The number of ether oxygens (including phenoxy) is 2. The molecular weight excluding hydrogens is 292 g/mol. The number of fused-ring (bicyclic) bond motifs is 1. The van der Waals surface area contributed by atoms with Gasteiger partial charge in [-0.05, 0) is 30.3 Å². The lowest BCUT2D eigenvalue weighted by Crippen LogP contribution is -2.24. The van der Waals surface area contributed by atoms with Crippen molar-refractivity contribution in [3.8, 4) is 11.5 Å². The van der Waals surface area contributed by atoms with E-state index in [1.165, 1.54) is 18.2 Å². The average molecular weight is 305 g/mol. The highest BCUT2D eigenvalue weighted by molar-refractivity contribution is 5.86. The lowest BCUT2D eigenvalue weighted by molar-refractivity contribution is -0.0404. The van der Waals surface area contributed by atoms with Crippen molar-refractivity contribution in [1.29, 1.82) is 0 Å². The van der Waals surface area contributed by atoms with Crippen molar-refractivity contribution in [1.82, 2.24) is 0 Å². The topological polar surface area (TPSA) is 47.6 Å². The molecule has 1 heterocycles. The third-order valence-corrected chi connectivity index (χ3v) is 3.25. The predicted molar refractivity (Wildman–Crippen MR) is 76.5 cm³/mol. The lowest BCUT2D eigenvalue weighted by Gasteiger charge is -2.26. The highest BCUT2D eigenvalue weighted by Crippen LogP contribution is 2.42. The van der Waals surface area contributed by atoms with Gasteiger partial charge in [-0.3, -0.25) is 5.32 Å². The number of rotatable bonds is 2. The summed E-state index contributed by atoms with van der Waals surface area (Å²) in [6, 6.07) is 12.6. The van der Waals surface area contributed by atoms with Crippen LogP contribution in [0.3, 0.4) is 0 Å². The minimum atomic E-state index is -2.96. The highest BCUT2D eigenvalue weighted by Gasteiger charge is 2.38. The highest BCUT2D eigenvalue weighted by atomic mass is 19.3. The molecule has 0 spiro atoms. The molecule has 0 atom stereocenters. The van der Waals surface area contributed by atoms with Gasteiger partial charge < -0.3 is 9.47 Å². The van der Waals surface area contributed by atoms with Crippen LogP contribution in [0.15, 0.2) is 48.5 Å². The first-order valence-electron chi connectivity index (χ1n) is 6.74. The molecule has 1 N–H and O–H groups in total. The van der Waals surface area contributed by atoms with Gasteiger partial charge in [-0.15, -0.1) is 0 Å². The molecule has 0 bridgehead atoms.